The largest absolute Gasteiger partial charge is 0.416 e. The van der Waals surface area contributed by atoms with Crippen LogP contribution < -0.4 is 5.32 Å². The van der Waals surface area contributed by atoms with Crippen LogP contribution in [0.2, 0.25) is 0 Å². The molecule has 4 rings (SSSR count). The van der Waals surface area contributed by atoms with Gasteiger partial charge in [0.1, 0.15) is 5.69 Å². The van der Waals surface area contributed by atoms with E-state index in [1.807, 2.05) is 0 Å². The van der Waals surface area contributed by atoms with Crippen LogP contribution in [0.1, 0.15) is 65.5 Å². The minimum Gasteiger partial charge on any atom is -0.351 e. The summed E-state index contributed by atoms with van der Waals surface area (Å²) in [5, 5.41) is 6.48. The molecule has 1 saturated carbocycles. The minimum absolute atomic E-state index is 0.0345. The SMILES string of the molecule is O=C(NCC1(c2ccc(C(F)(F)F)cc2)CCCCC1)c1cn(-c2ncccn2)nc1C(F)C(F)F. The lowest BCUT2D eigenvalue weighted by Gasteiger charge is -2.38. The molecule has 0 aliphatic heterocycles. The zero-order valence-corrected chi connectivity index (χ0v) is 19.0. The highest BCUT2D eigenvalue weighted by molar-refractivity contribution is 5.95. The number of amides is 1. The molecule has 1 N–H and O–H groups in total. The Kier molecular flexibility index (Phi) is 7.32. The number of halogens is 6. The first-order valence-corrected chi connectivity index (χ1v) is 11.4. The number of aromatic nitrogens is 4. The van der Waals surface area contributed by atoms with Crippen molar-refractivity contribution in [3.05, 3.63) is 71.3 Å². The Bertz CT molecular complexity index is 1170. The van der Waals surface area contributed by atoms with Gasteiger partial charge in [-0.3, -0.25) is 4.79 Å². The molecule has 3 aromatic rings. The average Bonchev–Trinajstić information content (AvgIpc) is 3.33. The van der Waals surface area contributed by atoms with Crippen LogP contribution in [0, 0.1) is 0 Å². The van der Waals surface area contributed by atoms with E-state index in [-0.39, 0.29) is 12.5 Å². The summed E-state index contributed by atoms with van der Waals surface area (Å²) in [5.74, 6) is -0.861. The van der Waals surface area contributed by atoms with Crippen molar-refractivity contribution in [1.29, 1.82) is 0 Å². The van der Waals surface area contributed by atoms with E-state index in [1.165, 1.54) is 30.6 Å². The van der Waals surface area contributed by atoms with Crippen molar-refractivity contribution in [2.45, 2.75) is 56.3 Å². The maximum absolute atomic E-state index is 14.3. The molecule has 12 heteroatoms. The molecule has 1 atom stereocenters. The van der Waals surface area contributed by atoms with Gasteiger partial charge in [0.25, 0.3) is 12.3 Å². The third-order valence-corrected chi connectivity index (χ3v) is 6.45. The van der Waals surface area contributed by atoms with Gasteiger partial charge in [0.2, 0.25) is 12.1 Å². The molecule has 1 aliphatic carbocycles. The fourth-order valence-corrected chi connectivity index (χ4v) is 4.55. The summed E-state index contributed by atoms with van der Waals surface area (Å²) in [6.45, 7) is 0.0370. The second-order valence-electron chi connectivity index (χ2n) is 8.76. The summed E-state index contributed by atoms with van der Waals surface area (Å²) in [4.78, 5) is 20.9. The van der Waals surface area contributed by atoms with E-state index in [2.05, 4.69) is 20.4 Å². The molecule has 2 aromatic heterocycles. The van der Waals surface area contributed by atoms with Crippen molar-refractivity contribution < 1.29 is 31.1 Å². The molecule has 0 radical (unpaired) electrons. The number of rotatable bonds is 7. The van der Waals surface area contributed by atoms with Crippen molar-refractivity contribution in [2.24, 2.45) is 0 Å². The highest BCUT2D eigenvalue weighted by Gasteiger charge is 2.37. The molecule has 36 heavy (non-hydrogen) atoms. The fraction of sp³-hybridized carbons (Fsp3) is 0.417. The molecule has 1 aliphatic rings. The summed E-state index contributed by atoms with van der Waals surface area (Å²) in [5.41, 5.74) is -1.92. The third kappa shape index (κ3) is 5.36. The molecule has 0 saturated heterocycles. The van der Waals surface area contributed by atoms with Crippen LogP contribution in [0.4, 0.5) is 26.3 Å². The molecule has 1 unspecified atom stereocenters. The standard InChI is InChI=1S/C24H23F6N5O/c25-18(20(26)27)19-17(13-35(34-19)22-31-11-4-12-32-22)21(36)33-14-23(9-2-1-3-10-23)15-5-7-16(8-6-15)24(28,29)30/h4-8,11-13,18,20H,1-3,9-10,14H2,(H,33,36). The summed E-state index contributed by atoms with van der Waals surface area (Å²) in [6.07, 6.45) is -3.06. The summed E-state index contributed by atoms with van der Waals surface area (Å²) in [6, 6.07) is 6.34. The number of alkyl halides is 6. The summed E-state index contributed by atoms with van der Waals surface area (Å²) >= 11 is 0. The topological polar surface area (TPSA) is 72.7 Å². The van der Waals surface area contributed by atoms with Crippen molar-refractivity contribution >= 4 is 5.91 Å². The molecule has 1 fully saturated rings. The quantitative estimate of drug-likeness (QED) is 0.420. The Morgan fingerprint density at radius 2 is 1.67 bits per heavy atom. The Balaban J connectivity index is 1.61. The molecule has 2 heterocycles. The second-order valence-corrected chi connectivity index (χ2v) is 8.76. The first-order chi connectivity index (χ1) is 17.1. The molecule has 6 nitrogen and oxygen atoms in total. The zero-order valence-electron chi connectivity index (χ0n) is 19.0. The van der Waals surface area contributed by atoms with Crippen LogP contribution in [-0.4, -0.2) is 38.6 Å². The number of carbonyl (C=O) groups excluding carboxylic acids is 1. The Morgan fingerprint density at radius 3 is 2.25 bits per heavy atom. The van der Waals surface area contributed by atoms with Crippen LogP contribution in [0.3, 0.4) is 0 Å². The van der Waals surface area contributed by atoms with E-state index < -0.39 is 46.9 Å². The van der Waals surface area contributed by atoms with Gasteiger partial charge in [-0.2, -0.15) is 18.3 Å². The first kappa shape index (κ1) is 25.6. The maximum atomic E-state index is 14.3. The van der Waals surface area contributed by atoms with Gasteiger partial charge in [-0.05, 0) is 36.6 Å². The van der Waals surface area contributed by atoms with E-state index in [1.54, 1.807) is 0 Å². The molecule has 1 amide bonds. The number of carbonyl (C=O) groups is 1. The average molecular weight is 511 g/mol. The molecule has 0 bridgehead atoms. The van der Waals surface area contributed by atoms with Crippen molar-refractivity contribution in [1.82, 2.24) is 25.1 Å². The molecular weight excluding hydrogens is 488 g/mol. The maximum Gasteiger partial charge on any atom is 0.416 e. The van der Waals surface area contributed by atoms with Gasteiger partial charge in [0, 0.05) is 30.6 Å². The highest BCUT2D eigenvalue weighted by Crippen LogP contribution is 2.40. The van der Waals surface area contributed by atoms with Gasteiger partial charge in [0.05, 0.1) is 11.1 Å². The lowest BCUT2D eigenvalue weighted by Crippen LogP contribution is -2.42. The smallest absolute Gasteiger partial charge is 0.351 e. The van der Waals surface area contributed by atoms with E-state index in [0.29, 0.717) is 18.4 Å². The van der Waals surface area contributed by atoms with Crippen LogP contribution in [-0.2, 0) is 11.6 Å². The summed E-state index contributed by atoms with van der Waals surface area (Å²) < 4.78 is 80.7. The first-order valence-electron chi connectivity index (χ1n) is 11.4. The van der Waals surface area contributed by atoms with Crippen molar-refractivity contribution in [3.8, 4) is 5.95 Å². The van der Waals surface area contributed by atoms with Crippen LogP contribution in [0.25, 0.3) is 5.95 Å². The van der Waals surface area contributed by atoms with Gasteiger partial charge in [-0.1, -0.05) is 31.4 Å². The molecule has 0 spiro atoms. The van der Waals surface area contributed by atoms with Gasteiger partial charge in [0.15, 0.2) is 0 Å². The predicted octanol–water partition coefficient (Wildman–Crippen LogP) is 5.59. The monoisotopic (exact) mass is 511 g/mol. The van der Waals surface area contributed by atoms with E-state index in [0.717, 1.165) is 42.3 Å². The molecule has 1 aromatic carbocycles. The van der Waals surface area contributed by atoms with Crippen molar-refractivity contribution in [3.63, 3.8) is 0 Å². The lowest BCUT2D eigenvalue weighted by atomic mass is 9.69. The Labute approximate surface area is 202 Å². The fourth-order valence-electron chi connectivity index (χ4n) is 4.55. The summed E-state index contributed by atoms with van der Waals surface area (Å²) in [7, 11) is 0. The Morgan fingerprint density at radius 1 is 1.03 bits per heavy atom. The normalized spacial score (nSPS) is 16.6. The van der Waals surface area contributed by atoms with Gasteiger partial charge >= 0.3 is 6.18 Å². The predicted molar refractivity (Wildman–Crippen MR) is 118 cm³/mol. The van der Waals surface area contributed by atoms with Crippen molar-refractivity contribution in [2.75, 3.05) is 6.54 Å². The van der Waals surface area contributed by atoms with Gasteiger partial charge in [-0.15, -0.1) is 0 Å². The van der Waals surface area contributed by atoms with Crippen LogP contribution in [0.15, 0.2) is 48.9 Å². The second kappa shape index (κ2) is 10.3. The van der Waals surface area contributed by atoms with Crippen LogP contribution in [0.5, 0.6) is 0 Å². The molecular formula is C24H23F6N5O. The number of nitrogens with one attached hydrogen (secondary N) is 1. The van der Waals surface area contributed by atoms with E-state index >= 15 is 0 Å². The third-order valence-electron chi connectivity index (χ3n) is 6.45. The molecule has 192 valence electrons. The lowest BCUT2D eigenvalue weighted by molar-refractivity contribution is -0.137. The number of nitrogens with zero attached hydrogens (tertiary/aromatic N) is 4. The number of hydrogen-bond acceptors (Lipinski definition) is 4. The van der Waals surface area contributed by atoms with Gasteiger partial charge in [-0.25, -0.2) is 27.8 Å². The van der Waals surface area contributed by atoms with Crippen LogP contribution >= 0.6 is 0 Å². The van der Waals surface area contributed by atoms with Gasteiger partial charge < -0.3 is 5.32 Å². The highest BCUT2D eigenvalue weighted by atomic mass is 19.4. The minimum atomic E-state index is -4.47. The Hall–Kier alpha value is -3.44. The number of hydrogen-bond donors (Lipinski definition) is 1. The number of benzene rings is 1. The van der Waals surface area contributed by atoms with E-state index in [4.69, 9.17) is 0 Å². The van der Waals surface area contributed by atoms with E-state index in [9.17, 15) is 31.1 Å². The zero-order chi connectivity index (χ0) is 25.9.